The standard InChI is InChI=1S/C86H182N4O7Si4/c1-26-30-34-38-42-46-50-54-62-76(94-98(18,19)82(5,6)7)72-89(73-77(95-99(20,21)83(8,9)10)63-55-51-47-43-39-35-31-27-2)68-60-58-66-87-80(91)70-86(17,93)71-81(92)88-67-59-61-69-90(74-78(96-100(22,23)84(11,12)13)64-56-52-48-44-40-36-32-28-3)75-79(97-101(24,25)85(14,15)16)65-57-53-49-45-41-37-33-29-4/h76-79,93H,26-75H2,1-25H3,(H,87,91)(H,88,92). The molecule has 0 aliphatic carbocycles. The molecule has 604 valence electrons. The molecule has 0 heterocycles. The molecule has 0 bridgehead atoms. The van der Waals surface area contributed by atoms with Crippen LogP contribution in [0, 0.1) is 0 Å². The van der Waals surface area contributed by atoms with Crippen LogP contribution in [0.15, 0.2) is 0 Å². The average Bonchev–Trinajstić information content (AvgIpc) is 0.840. The molecule has 0 saturated carbocycles. The Bertz CT molecular complexity index is 1770. The van der Waals surface area contributed by atoms with Gasteiger partial charge in [0, 0.05) is 39.3 Å². The van der Waals surface area contributed by atoms with Crippen molar-refractivity contribution in [1.29, 1.82) is 0 Å². The van der Waals surface area contributed by atoms with Gasteiger partial charge in [-0.3, -0.25) is 19.4 Å². The highest BCUT2D eigenvalue weighted by Crippen LogP contribution is 2.42. The molecule has 3 N–H and O–H groups in total. The SMILES string of the molecule is CCCCCCCCCCC(CN(CCCCNC(=O)CC(C)(O)CC(=O)NCCCCN(CC(CCCCCCCCCC)O[Si](C)(C)C(C)(C)C)CC(CCCCCCCCCC)O[Si](C)(C)C(C)(C)C)CC(CCCCCCCCCC)O[Si](C)(C)C(C)(C)C)O[Si](C)(C)C(C)(C)C. The number of hydrogen-bond acceptors (Lipinski definition) is 9. The Morgan fingerprint density at radius 1 is 0.307 bits per heavy atom. The van der Waals surface area contributed by atoms with Crippen molar-refractivity contribution < 1.29 is 32.4 Å². The zero-order valence-electron chi connectivity index (χ0n) is 73.0. The van der Waals surface area contributed by atoms with Crippen molar-refractivity contribution in [1.82, 2.24) is 20.4 Å². The maximum atomic E-state index is 13.7. The Morgan fingerprint density at radius 3 is 0.683 bits per heavy atom. The van der Waals surface area contributed by atoms with Crippen LogP contribution in [-0.4, -0.2) is 142 Å². The number of nitrogens with zero attached hydrogens (tertiary/aromatic N) is 2. The molecule has 15 heteroatoms. The molecule has 101 heavy (non-hydrogen) atoms. The molecule has 0 fully saturated rings. The molecule has 4 atom stereocenters. The third-order valence-corrected chi connectivity index (χ3v) is 42.1. The fraction of sp³-hybridized carbons (Fsp3) is 0.977. The van der Waals surface area contributed by atoms with Gasteiger partial charge in [0.2, 0.25) is 11.8 Å². The van der Waals surface area contributed by atoms with E-state index in [2.05, 4.69) is 184 Å². The smallest absolute Gasteiger partial charge is 0.222 e. The summed E-state index contributed by atoms with van der Waals surface area (Å²) in [5, 5.41) is 18.4. The van der Waals surface area contributed by atoms with E-state index in [0.29, 0.717) is 13.1 Å². The van der Waals surface area contributed by atoms with Gasteiger partial charge in [0.05, 0.1) is 42.9 Å². The van der Waals surface area contributed by atoms with Crippen LogP contribution in [0.3, 0.4) is 0 Å². The molecular weight excluding hydrogens is 1310 g/mol. The van der Waals surface area contributed by atoms with Crippen LogP contribution in [0.4, 0.5) is 0 Å². The van der Waals surface area contributed by atoms with Gasteiger partial charge in [-0.25, -0.2) is 0 Å². The second-order valence-corrected chi connectivity index (χ2v) is 57.6. The largest absolute Gasteiger partial charge is 0.413 e. The van der Waals surface area contributed by atoms with Gasteiger partial charge >= 0.3 is 0 Å². The van der Waals surface area contributed by atoms with Crippen LogP contribution < -0.4 is 10.6 Å². The van der Waals surface area contributed by atoms with Gasteiger partial charge < -0.3 is 33.4 Å². The first kappa shape index (κ1) is 101. The molecule has 2 amide bonds. The fourth-order valence-electron chi connectivity index (χ4n) is 13.1. The van der Waals surface area contributed by atoms with Crippen molar-refractivity contribution in [3.63, 3.8) is 0 Å². The number of carbonyl (C=O) groups excluding carboxylic acids is 2. The van der Waals surface area contributed by atoms with Gasteiger partial charge in [0.15, 0.2) is 33.3 Å². The van der Waals surface area contributed by atoms with E-state index in [4.69, 9.17) is 17.7 Å². The Morgan fingerprint density at radius 2 is 0.495 bits per heavy atom. The van der Waals surface area contributed by atoms with Gasteiger partial charge in [-0.05, 0) is 144 Å². The molecule has 11 nitrogen and oxygen atoms in total. The van der Waals surface area contributed by atoms with Gasteiger partial charge in [-0.15, -0.1) is 0 Å². The maximum absolute atomic E-state index is 13.7. The monoisotopic (exact) mass is 1500 g/mol. The first-order valence-electron chi connectivity index (χ1n) is 43.5. The summed E-state index contributed by atoms with van der Waals surface area (Å²) in [5.74, 6) is -0.421. The van der Waals surface area contributed by atoms with Gasteiger partial charge in [-0.1, -0.05) is 316 Å². The molecule has 0 aromatic carbocycles. The van der Waals surface area contributed by atoms with E-state index in [9.17, 15) is 14.7 Å². The first-order chi connectivity index (χ1) is 47.1. The minimum Gasteiger partial charge on any atom is -0.413 e. The van der Waals surface area contributed by atoms with Crippen molar-refractivity contribution in [2.24, 2.45) is 0 Å². The second-order valence-electron chi connectivity index (χ2n) is 38.5. The number of amides is 2. The van der Waals surface area contributed by atoms with Gasteiger partial charge in [0.1, 0.15) is 0 Å². The zero-order chi connectivity index (χ0) is 76.7. The molecule has 0 aliphatic rings. The number of hydrogen-bond donors (Lipinski definition) is 3. The summed E-state index contributed by atoms with van der Waals surface area (Å²) in [5.41, 5.74) is -1.47. The van der Waals surface area contributed by atoms with E-state index < -0.39 is 38.9 Å². The van der Waals surface area contributed by atoms with Crippen LogP contribution >= 0.6 is 0 Å². The van der Waals surface area contributed by atoms with Crippen LogP contribution in [-0.2, 0) is 27.3 Å². The Hall–Kier alpha value is -0.472. The molecule has 0 aromatic rings. The Labute approximate surface area is 636 Å². The van der Waals surface area contributed by atoms with Crippen LogP contribution in [0.2, 0.25) is 72.5 Å². The maximum Gasteiger partial charge on any atom is 0.222 e. The van der Waals surface area contributed by atoms with Crippen LogP contribution in [0.5, 0.6) is 0 Å². The summed E-state index contributed by atoms with van der Waals surface area (Å²) in [6, 6.07) is 0. The summed E-state index contributed by atoms with van der Waals surface area (Å²) in [4.78, 5) is 32.7. The second kappa shape index (κ2) is 54.2. The topological polar surface area (TPSA) is 122 Å². The summed E-state index contributed by atoms with van der Waals surface area (Å²) in [7, 11) is -8.28. The van der Waals surface area contributed by atoms with Crippen molar-refractivity contribution in [2.45, 2.75) is 490 Å². The normalized spacial score (nSPS) is 15.2. The van der Waals surface area contributed by atoms with E-state index >= 15 is 0 Å². The van der Waals surface area contributed by atoms with Crippen molar-refractivity contribution >= 4 is 45.1 Å². The molecular formula is C86H182N4O7Si4. The number of unbranched alkanes of at least 4 members (excludes halogenated alkanes) is 30. The van der Waals surface area contributed by atoms with Gasteiger partial charge in [0.25, 0.3) is 0 Å². The lowest BCUT2D eigenvalue weighted by atomic mass is 9.97. The Balaban J connectivity index is 6.42. The Kier molecular flexibility index (Phi) is 53.9. The van der Waals surface area contributed by atoms with Crippen molar-refractivity contribution in [3.05, 3.63) is 0 Å². The summed E-state index contributed by atoms with van der Waals surface area (Å²) >= 11 is 0. The van der Waals surface area contributed by atoms with Crippen molar-refractivity contribution in [3.8, 4) is 0 Å². The minimum atomic E-state index is -2.07. The quantitative estimate of drug-likeness (QED) is 0.0404. The van der Waals surface area contributed by atoms with E-state index in [1.807, 2.05) is 0 Å². The minimum absolute atomic E-state index is 0.117. The summed E-state index contributed by atoms with van der Waals surface area (Å²) in [6.07, 6.45) is 50.0. The lowest BCUT2D eigenvalue weighted by Gasteiger charge is -2.42. The third kappa shape index (κ3) is 50.1. The third-order valence-electron chi connectivity index (χ3n) is 24.0. The molecule has 4 unspecified atom stereocenters. The predicted octanol–water partition coefficient (Wildman–Crippen LogP) is 25.6. The zero-order valence-corrected chi connectivity index (χ0v) is 77.0. The number of nitrogens with one attached hydrogen (secondary N) is 2. The molecule has 0 aliphatic heterocycles. The van der Waals surface area contributed by atoms with Gasteiger partial charge in [-0.2, -0.15) is 0 Å². The van der Waals surface area contributed by atoms with Crippen LogP contribution in [0.1, 0.15) is 387 Å². The molecule has 0 aromatic heterocycles. The highest BCUT2D eigenvalue weighted by molar-refractivity contribution is 6.75. The van der Waals surface area contributed by atoms with E-state index in [0.717, 1.165) is 90.6 Å². The van der Waals surface area contributed by atoms with E-state index in [1.54, 1.807) is 6.92 Å². The molecule has 0 spiro atoms. The highest BCUT2D eigenvalue weighted by Gasteiger charge is 2.44. The lowest BCUT2D eigenvalue weighted by molar-refractivity contribution is -0.130. The number of rotatable bonds is 66. The highest BCUT2D eigenvalue weighted by atomic mass is 28.4. The molecule has 0 rings (SSSR count). The number of aliphatic hydroxyl groups is 1. The molecule has 0 radical (unpaired) electrons. The average molecular weight is 1500 g/mol. The molecule has 0 saturated heterocycles. The first-order valence-corrected chi connectivity index (χ1v) is 55.1. The van der Waals surface area contributed by atoms with Crippen molar-refractivity contribution in [2.75, 3.05) is 52.4 Å². The lowest BCUT2D eigenvalue weighted by Crippen LogP contribution is -2.50. The fourth-order valence-corrected chi connectivity index (χ4v) is 18.6. The summed E-state index contributed by atoms with van der Waals surface area (Å²) in [6.45, 7) is 65.1. The summed E-state index contributed by atoms with van der Waals surface area (Å²) < 4.78 is 29.7. The van der Waals surface area contributed by atoms with Crippen LogP contribution in [0.25, 0.3) is 0 Å². The predicted molar refractivity (Wildman–Crippen MR) is 454 cm³/mol. The van der Waals surface area contributed by atoms with E-state index in [-0.39, 0.29) is 69.2 Å². The number of carbonyl (C=O) groups is 2. The van der Waals surface area contributed by atoms with E-state index in [1.165, 1.54) is 205 Å².